The summed E-state index contributed by atoms with van der Waals surface area (Å²) in [5.74, 6) is -0.0171. The van der Waals surface area contributed by atoms with Gasteiger partial charge in [-0.3, -0.25) is 4.79 Å². The molecule has 3 N–H and O–H groups in total. The van der Waals surface area contributed by atoms with Crippen LogP contribution in [0.1, 0.15) is 19.8 Å². The van der Waals surface area contributed by atoms with Crippen LogP contribution in [0.25, 0.3) is 0 Å². The molecule has 4 heteroatoms. The molecule has 0 aromatic rings. The van der Waals surface area contributed by atoms with E-state index in [2.05, 4.69) is 17.3 Å². The number of rotatable bonds is 2. The van der Waals surface area contributed by atoms with Crippen molar-refractivity contribution in [3.05, 3.63) is 0 Å². The van der Waals surface area contributed by atoms with Crippen molar-refractivity contribution in [1.82, 2.24) is 10.2 Å². The molecule has 2 fully saturated rings. The third-order valence-corrected chi connectivity index (χ3v) is 3.44. The number of amides is 1. The van der Waals surface area contributed by atoms with E-state index < -0.39 is 6.04 Å². The van der Waals surface area contributed by atoms with E-state index >= 15 is 0 Å². The lowest BCUT2D eigenvalue weighted by molar-refractivity contribution is -0.122. The van der Waals surface area contributed by atoms with Gasteiger partial charge in [0.1, 0.15) is 0 Å². The summed E-state index contributed by atoms with van der Waals surface area (Å²) in [7, 11) is 2.11. The standard InChI is InChI=1S/C10H19N3O/c1-7(11)9(14)12-8-5-13(2)6-10(8)3-4-10/h7-8H,3-6,11H2,1-2H3,(H,12,14)/t7-,8-/m0/s1. The van der Waals surface area contributed by atoms with Crippen molar-refractivity contribution in [1.29, 1.82) is 0 Å². The van der Waals surface area contributed by atoms with Crippen LogP contribution >= 0.6 is 0 Å². The highest BCUT2D eigenvalue weighted by molar-refractivity contribution is 5.81. The molecule has 0 aromatic heterocycles. The molecule has 14 heavy (non-hydrogen) atoms. The van der Waals surface area contributed by atoms with Gasteiger partial charge in [0.05, 0.1) is 6.04 Å². The van der Waals surface area contributed by atoms with Crippen molar-refractivity contribution < 1.29 is 4.79 Å². The van der Waals surface area contributed by atoms with Crippen molar-refractivity contribution in [2.24, 2.45) is 11.1 Å². The second kappa shape index (κ2) is 3.21. The molecule has 1 saturated heterocycles. The lowest BCUT2D eigenvalue weighted by atomic mass is 10.0. The van der Waals surface area contributed by atoms with E-state index in [1.807, 2.05) is 0 Å². The molecule has 0 unspecified atom stereocenters. The van der Waals surface area contributed by atoms with Crippen LogP contribution in [0.3, 0.4) is 0 Å². The monoisotopic (exact) mass is 197 g/mol. The number of likely N-dealkylation sites (N-methyl/N-ethyl adjacent to an activating group) is 1. The van der Waals surface area contributed by atoms with E-state index in [9.17, 15) is 4.79 Å². The number of carbonyl (C=O) groups is 1. The van der Waals surface area contributed by atoms with E-state index in [0.29, 0.717) is 11.5 Å². The van der Waals surface area contributed by atoms with Gasteiger partial charge < -0.3 is 16.0 Å². The van der Waals surface area contributed by atoms with Crippen LogP contribution in [0.5, 0.6) is 0 Å². The van der Waals surface area contributed by atoms with Crippen LogP contribution in [0.2, 0.25) is 0 Å². The fourth-order valence-electron chi connectivity index (χ4n) is 2.39. The lowest BCUT2D eigenvalue weighted by Crippen LogP contribution is -2.47. The van der Waals surface area contributed by atoms with Gasteiger partial charge in [0.15, 0.2) is 0 Å². The highest BCUT2D eigenvalue weighted by Gasteiger charge is 2.54. The summed E-state index contributed by atoms with van der Waals surface area (Å²) in [6.45, 7) is 3.82. The Balaban J connectivity index is 1.95. The predicted octanol–water partition coefficient (Wildman–Crippen LogP) is -0.456. The van der Waals surface area contributed by atoms with E-state index in [4.69, 9.17) is 5.73 Å². The molecule has 0 aromatic carbocycles. The third kappa shape index (κ3) is 1.64. The Kier molecular flexibility index (Phi) is 2.27. The molecule has 1 heterocycles. The molecule has 80 valence electrons. The first-order valence-electron chi connectivity index (χ1n) is 5.28. The number of hydrogen-bond acceptors (Lipinski definition) is 3. The average Bonchev–Trinajstić information content (AvgIpc) is 2.76. The minimum Gasteiger partial charge on any atom is -0.350 e. The van der Waals surface area contributed by atoms with E-state index in [-0.39, 0.29) is 5.91 Å². The normalized spacial score (nSPS) is 31.8. The Morgan fingerprint density at radius 2 is 2.29 bits per heavy atom. The average molecular weight is 197 g/mol. The summed E-state index contributed by atoms with van der Waals surface area (Å²) >= 11 is 0. The molecule has 0 bridgehead atoms. The first kappa shape index (κ1) is 9.93. The predicted molar refractivity (Wildman–Crippen MR) is 54.7 cm³/mol. The molecular formula is C10H19N3O. The van der Waals surface area contributed by atoms with Gasteiger partial charge in [-0.05, 0) is 26.8 Å². The molecule has 2 rings (SSSR count). The fourth-order valence-corrected chi connectivity index (χ4v) is 2.39. The Morgan fingerprint density at radius 1 is 1.64 bits per heavy atom. The van der Waals surface area contributed by atoms with Gasteiger partial charge in [-0.2, -0.15) is 0 Å². The van der Waals surface area contributed by atoms with Gasteiger partial charge in [0.25, 0.3) is 0 Å². The molecule has 2 aliphatic rings. The van der Waals surface area contributed by atoms with Crippen LogP contribution in [-0.2, 0) is 4.79 Å². The summed E-state index contributed by atoms with van der Waals surface area (Å²) < 4.78 is 0. The second-order valence-electron chi connectivity index (χ2n) is 4.91. The molecule has 1 saturated carbocycles. The van der Waals surface area contributed by atoms with Crippen molar-refractivity contribution in [3.8, 4) is 0 Å². The lowest BCUT2D eigenvalue weighted by Gasteiger charge is -2.19. The van der Waals surface area contributed by atoms with Gasteiger partial charge in [-0.15, -0.1) is 0 Å². The number of likely N-dealkylation sites (tertiary alicyclic amines) is 1. The van der Waals surface area contributed by atoms with E-state index in [0.717, 1.165) is 13.1 Å². The smallest absolute Gasteiger partial charge is 0.236 e. The van der Waals surface area contributed by atoms with Crippen LogP contribution < -0.4 is 11.1 Å². The quantitative estimate of drug-likeness (QED) is 0.630. The van der Waals surface area contributed by atoms with Gasteiger partial charge in [0, 0.05) is 24.5 Å². The van der Waals surface area contributed by atoms with Crippen molar-refractivity contribution in [2.45, 2.75) is 31.8 Å². The van der Waals surface area contributed by atoms with Gasteiger partial charge in [-0.25, -0.2) is 0 Å². The summed E-state index contributed by atoms with van der Waals surface area (Å²) in [4.78, 5) is 13.8. The summed E-state index contributed by atoms with van der Waals surface area (Å²) in [6, 6.07) is -0.0669. The summed E-state index contributed by atoms with van der Waals surface area (Å²) in [6.07, 6.45) is 2.50. The molecule has 4 nitrogen and oxygen atoms in total. The van der Waals surface area contributed by atoms with Crippen LogP contribution in [0, 0.1) is 5.41 Å². The molecule has 1 aliphatic heterocycles. The zero-order valence-corrected chi connectivity index (χ0v) is 8.92. The van der Waals surface area contributed by atoms with E-state index in [1.54, 1.807) is 6.92 Å². The zero-order valence-electron chi connectivity index (χ0n) is 8.92. The van der Waals surface area contributed by atoms with Crippen LogP contribution in [0.15, 0.2) is 0 Å². The highest BCUT2D eigenvalue weighted by atomic mass is 16.2. The van der Waals surface area contributed by atoms with Gasteiger partial charge in [0.2, 0.25) is 5.91 Å². The Bertz CT molecular complexity index is 248. The Labute approximate surface area is 84.8 Å². The zero-order chi connectivity index (χ0) is 10.3. The number of nitrogens with zero attached hydrogens (tertiary/aromatic N) is 1. The number of hydrogen-bond donors (Lipinski definition) is 2. The molecule has 2 atom stereocenters. The first-order chi connectivity index (χ1) is 6.53. The molecule has 1 spiro atoms. The number of nitrogens with one attached hydrogen (secondary N) is 1. The molecular weight excluding hydrogens is 178 g/mol. The second-order valence-corrected chi connectivity index (χ2v) is 4.91. The van der Waals surface area contributed by atoms with E-state index in [1.165, 1.54) is 12.8 Å². The number of carbonyl (C=O) groups excluding carboxylic acids is 1. The maximum atomic E-state index is 11.5. The fraction of sp³-hybridized carbons (Fsp3) is 0.900. The Morgan fingerprint density at radius 3 is 2.79 bits per heavy atom. The maximum absolute atomic E-state index is 11.5. The first-order valence-corrected chi connectivity index (χ1v) is 5.28. The van der Waals surface area contributed by atoms with Gasteiger partial charge in [-0.1, -0.05) is 0 Å². The SMILES string of the molecule is C[C@H](N)C(=O)N[C@H]1CN(C)CC12CC2. The summed E-state index contributed by atoms with van der Waals surface area (Å²) in [5, 5.41) is 3.06. The molecule has 1 amide bonds. The van der Waals surface area contributed by atoms with Crippen molar-refractivity contribution in [2.75, 3.05) is 20.1 Å². The maximum Gasteiger partial charge on any atom is 0.236 e. The van der Waals surface area contributed by atoms with Crippen molar-refractivity contribution in [3.63, 3.8) is 0 Å². The summed E-state index contributed by atoms with van der Waals surface area (Å²) in [5.41, 5.74) is 5.92. The molecule has 1 aliphatic carbocycles. The van der Waals surface area contributed by atoms with Crippen LogP contribution in [0.4, 0.5) is 0 Å². The van der Waals surface area contributed by atoms with Gasteiger partial charge >= 0.3 is 0 Å². The van der Waals surface area contributed by atoms with Crippen LogP contribution in [-0.4, -0.2) is 43.0 Å². The Hall–Kier alpha value is -0.610. The molecule has 0 radical (unpaired) electrons. The topological polar surface area (TPSA) is 58.4 Å². The minimum absolute atomic E-state index is 0.0171. The highest BCUT2D eigenvalue weighted by Crippen LogP contribution is 2.52. The largest absolute Gasteiger partial charge is 0.350 e. The minimum atomic E-state index is -0.392. The number of nitrogens with two attached hydrogens (primary N) is 1. The third-order valence-electron chi connectivity index (χ3n) is 3.44. The van der Waals surface area contributed by atoms with Crippen molar-refractivity contribution >= 4 is 5.91 Å².